The molecule has 0 aliphatic carbocycles. The van der Waals surface area contributed by atoms with Crippen molar-refractivity contribution in [2.24, 2.45) is 0 Å². The predicted octanol–water partition coefficient (Wildman–Crippen LogP) is 4.47. The van der Waals surface area contributed by atoms with Crippen molar-refractivity contribution in [1.82, 2.24) is 9.97 Å². The first kappa shape index (κ1) is 15.4. The Hall–Kier alpha value is -2.53. The molecule has 0 aliphatic heterocycles. The molecule has 0 atom stereocenters. The Morgan fingerprint density at radius 3 is 2.43 bits per heavy atom. The van der Waals surface area contributed by atoms with Gasteiger partial charge in [0.1, 0.15) is 0 Å². The zero-order valence-electron chi connectivity index (χ0n) is 12.5. The molecule has 0 saturated heterocycles. The lowest BCUT2D eigenvalue weighted by Gasteiger charge is -2.09. The summed E-state index contributed by atoms with van der Waals surface area (Å²) in [7, 11) is 0. The molecule has 114 valence electrons. The monoisotopic (exact) mass is 367 g/mol. The van der Waals surface area contributed by atoms with E-state index in [1.54, 1.807) is 6.20 Å². The van der Waals surface area contributed by atoms with E-state index in [-0.39, 0.29) is 5.91 Å². The first-order valence-electron chi connectivity index (χ1n) is 7.10. The van der Waals surface area contributed by atoms with Crippen LogP contribution in [0, 0.1) is 6.92 Å². The van der Waals surface area contributed by atoms with Gasteiger partial charge in [0.15, 0.2) is 5.82 Å². The molecule has 0 bridgehead atoms. The normalized spacial score (nSPS) is 10.3. The molecule has 1 aromatic heterocycles. The van der Waals surface area contributed by atoms with E-state index >= 15 is 0 Å². The van der Waals surface area contributed by atoms with Crippen molar-refractivity contribution in [3.63, 3.8) is 0 Å². The molecular formula is C18H14BrN3O. The van der Waals surface area contributed by atoms with Gasteiger partial charge in [0.25, 0.3) is 5.91 Å². The van der Waals surface area contributed by atoms with Crippen LogP contribution in [0.4, 0.5) is 5.69 Å². The van der Waals surface area contributed by atoms with Crippen LogP contribution in [-0.2, 0) is 0 Å². The number of hydrogen-bond donors (Lipinski definition) is 1. The van der Waals surface area contributed by atoms with E-state index in [1.165, 1.54) is 0 Å². The van der Waals surface area contributed by atoms with Gasteiger partial charge in [0, 0.05) is 16.2 Å². The number of aryl methyl sites for hydroxylation is 1. The average molecular weight is 368 g/mol. The summed E-state index contributed by atoms with van der Waals surface area (Å²) in [6.45, 7) is 1.81. The summed E-state index contributed by atoms with van der Waals surface area (Å²) >= 11 is 3.41. The second kappa shape index (κ2) is 6.71. The van der Waals surface area contributed by atoms with E-state index < -0.39 is 0 Å². The van der Waals surface area contributed by atoms with E-state index in [9.17, 15) is 4.79 Å². The molecule has 23 heavy (non-hydrogen) atoms. The summed E-state index contributed by atoms with van der Waals surface area (Å²) in [5, 5.41) is 2.86. The maximum Gasteiger partial charge on any atom is 0.259 e. The van der Waals surface area contributed by atoms with Gasteiger partial charge in [-0.2, -0.15) is 0 Å². The SMILES string of the molecule is Cc1nc(-c2ccccc2)ncc1C(=O)Nc1ccccc1Br. The molecule has 3 aromatic rings. The summed E-state index contributed by atoms with van der Waals surface area (Å²) < 4.78 is 0.827. The lowest BCUT2D eigenvalue weighted by atomic mass is 10.2. The lowest BCUT2D eigenvalue weighted by molar-refractivity contribution is 0.102. The summed E-state index contributed by atoms with van der Waals surface area (Å²) in [6.07, 6.45) is 1.57. The number of carbonyl (C=O) groups excluding carboxylic acids is 1. The van der Waals surface area contributed by atoms with Crippen LogP contribution in [0.15, 0.2) is 65.3 Å². The van der Waals surface area contributed by atoms with E-state index in [1.807, 2.05) is 61.5 Å². The molecule has 1 amide bonds. The van der Waals surface area contributed by atoms with Crippen LogP contribution in [0.3, 0.4) is 0 Å². The zero-order valence-corrected chi connectivity index (χ0v) is 14.0. The number of hydrogen-bond acceptors (Lipinski definition) is 3. The minimum Gasteiger partial charge on any atom is -0.321 e. The minimum absolute atomic E-state index is 0.228. The molecule has 5 heteroatoms. The van der Waals surface area contributed by atoms with Gasteiger partial charge in [0.2, 0.25) is 0 Å². The lowest BCUT2D eigenvalue weighted by Crippen LogP contribution is -2.15. The van der Waals surface area contributed by atoms with Gasteiger partial charge in [-0.25, -0.2) is 9.97 Å². The van der Waals surface area contributed by atoms with Gasteiger partial charge in [-0.1, -0.05) is 42.5 Å². The van der Waals surface area contributed by atoms with Crippen molar-refractivity contribution in [2.75, 3.05) is 5.32 Å². The Balaban J connectivity index is 1.86. The maximum absolute atomic E-state index is 12.4. The number of halogens is 1. The first-order chi connectivity index (χ1) is 11.1. The molecule has 0 unspecified atom stereocenters. The van der Waals surface area contributed by atoms with Gasteiger partial charge < -0.3 is 5.32 Å². The highest BCUT2D eigenvalue weighted by Crippen LogP contribution is 2.22. The number of anilines is 1. The fourth-order valence-corrected chi connectivity index (χ4v) is 2.55. The third-order valence-electron chi connectivity index (χ3n) is 3.38. The van der Waals surface area contributed by atoms with Crippen molar-refractivity contribution in [1.29, 1.82) is 0 Å². The highest BCUT2D eigenvalue weighted by atomic mass is 79.9. The van der Waals surface area contributed by atoms with Crippen molar-refractivity contribution in [2.45, 2.75) is 6.92 Å². The highest BCUT2D eigenvalue weighted by Gasteiger charge is 2.13. The second-order valence-corrected chi connectivity index (χ2v) is 5.85. The highest BCUT2D eigenvalue weighted by molar-refractivity contribution is 9.10. The van der Waals surface area contributed by atoms with Gasteiger partial charge in [-0.3, -0.25) is 4.79 Å². The average Bonchev–Trinajstić information content (AvgIpc) is 2.57. The van der Waals surface area contributed by atoms with Crippen molar-refractivity contribution < 1.29 is 4.79 Å². The van der Waals surface area contributed by atoms with E-state index in [0.29, 0.717) is 22.8 Å². The first-order valence-corrected chi connectivity index (χ1v) is 7.89. The van der Waals surface area contributed by atoms with Crippen LogP contribution in [0.25, 0.3) is 11.4 Å². The van der Waals surface area contributed by atoms with Crippen LogP contribution >= 0.6 is 15.9 Å². The fraction of sp³-hybridized carbons (Fsp3) is 0.0556. The van der Waals surface area contributed by atoms with Gasteiger partial charge in [0.05, 0.1) is 16.9 Å². The van der Waals surface area contributed by atoms with E-state index in [2.05, 4.69) is 31.2 Å². The summed E-state index contributed by atoms with van der Waals surface area (Å²) in [5.74, 6) is 0.384. The molecule has 3 rings (SSSR count). The topological polar surface area (TPSA) is 54.9 Å². The molecule has 2 aromatic carbocycles. The minimum atomic E-state index is -0.228. The Bertz CT molecular complexity index is 850. The molecule has 0 radical (unpaired) electrons. The molecule has 1 N–H and O–H groups in total. The second-order valence-electron chi connectivity index (χ2n) is 4.99. The zero-order chi connectivity index (χ0) is 16.2. The maximum atomic E-state index is 12.4. The molecule has 0 saturated carbocycles. The Labute approximate surface area is 142 Å². The van der Waals surface area contributed by atoms with E-state index in [0.717, 1.165) is 10.0 Å². The molecule has 0 aliphatic rings. The van der Waals surface area contributed by atoms with Crippen LogP contribution < -0.4 is 5.32 Å². The van der Waals surface area contributed by atoms with Crippen molar-refractivity contribution in [3.05, 3.63) is 76.5 Å². The van der Waals surface area contributed by atoms with Gasteiger partial charge in [-0.05, 0) is 35.0 Å². The number of nitrogens with zero attached hydrogens (tertiary/aromatic N) is 2. The van der Waals surface area contributed by atoms with E-state index in [4.69, 9.17) is 0 Å². The fourth-order valence-electron chi connectivity index (χ4n) is 2.17. The Morgan fingerprint density at radius 2 is 1.74 bits per heavy atom. The largest absolute Gasteiger partial charge is 0.321 e. The van der Waals surface area contributed by atoms with Crippen LogP contribution in [0.5, 0.6) is 0 Å². The number of para-hydroxylation sites is 1. The third-order valence-corrected chi connectivity index (χ3v) is 4.07. The number of amides is 1. The predicted molar refractivity (Wildman–Crippen MR) is 94.3 cm³/mol. The Kier molecular flexibility index (Phi) is 4.48. The smallest absolute Gasteiger partial charge is 0.259 e. The summed E-state index contributed by atoms with van der Waals surface area (Å²) in [4.78, 5) is 21.2. The van der Waals surface area contributed by atoms with Gasteiger partial charge >= 0.3 is 0 Å². The van der Waals surface area contributed by atoms with Gasteiger partial charge in [-0.15, -0.1) is 0 Å². The summed E-state index contributed by atoms with van der Waals surface area (Å²) in [5.41, 5.74) is 2.74. The number of rotatable bonds is 3. The quantitative estimate of drug-likeness (QED) is 0.742. The van der Waals surface area contributed by atoms with Crippen LogP contribution in [-0.4, -0.2) is 15.9 Å². The van der Waals surface area contributed by atoms with Crippen molar-refractivity contribution in [3.8, 4) is 11.4 Å². The molecule has 1 heterocycles. The standard InChI is InChI=1S/C18H14BrN3O/c1-12-14(18(23)22-16-10-6-5-9-15(16)19)11-20-17(21-12)13-7-3-2-4-8-13/h2-11H,1H3,(H,22,23). The number of aromatic nitrogens is 2. The number of nitrogens with one attached hydrogen (secondary N) is 1. The molecule has 4 nitrogen and oxygen atoms in total. The molecule has 0 fully saturated rings. The molecule has 0 spiro atoms. The number of carbonyl (C=O) groups is 1. The Morgan fingerprint density at radius 1 is 1.04 bits per heavy atom. The summed E-state index contributed by atoms with van der Waals surface area (Å²) in [6, 6.07) is 17.1. The molecular weight excluding hydrogens is 354 g/mol. The van der Waals surface area contributed by atoms with Crippen molar-refractivity contribution >= 4 is 27.5 Å². The van der Waals surface area contributed by atoms with Crippen LogP contribution in [0.2, 0.25) is 0 Å². The third kappa shape index (κ3) is 3.46. The number of benzene rings is 2. The van der Waals surface area contributed by atoms with Crippen LogP contribution in [0.1, 0.15) is 16.1 Å².